The van der Waals surface area contributed by atoms with Crippen LogP contribution in [0.15, 0.2) is 89.3 Å². The number of para-hydroxylation sites is 2. The van der Waals surface area contributed by atoms with Gasteiger partial charge in [-0.3, -0.25) is 0 Å². The van der Waals surface area contributed by atoms with E-state index >= 15 is 0 Å². The zero-order valence-corrected chi connectivity index (χ0v) is 16.5. The molecular formula is C27H21NO. The zero-order valence-electron chi connectivity index (χ0n) is 16.5. The van der Waals surface area contributed by atoms with E-state index in [4.69, 9.17) is 4.42 Å². The van der Waals surface area contributed by atoms with E-state index in [2.05, 4.69) is 91.2 Å². The lowest BCUT2D eigenvalue weighted by Gasteiger charge is -2.09. The molecule has 0 saturated carbocycles. The van der Waals surface area contributed by atoms with Crippen molar-refractivity contribution in [1.29, 1.82) is 0 Å². The van der Waals surface area contributed by atoms with E-state index in [1.165, 1.54) is 27.4 Å². The lowest BCUT2D eigenvalue weighted by Crippen LogP contribution is -1.94. The van der Waals surface area contributed by atoms with Gasteiger partial charge in [0.2, 0.25) is 0 Å². The topological polar surface area (TPSA) is 18.1 Å². The van der Waals surface area contributed by atoms with Crippen LogP contribution in [-0.4, -0.2) is 4.57 Å². The summed E-state index contributed by atoms with van der Waals surface area (Å²) in [6.07, 6.45) is 0. The van der Waals surface area contributed by atoms with E-state index in [9.17, 15) is 0 Å². The predicted octanol–water partition coefficient (Wildman–Crippen LogP) is 7.81. The lowest BCUT2D eigenvalue weighted by atomic mass is 10.0. The van der Waals surface area contributed by atoms with Gasteiger partial charge in [-0.2, -0.15) is 0 Å². The molecule has 0 radical (unpaired) electrons. The minimum atomic E-state index is 0.509. The van der Waals surface area contributed by atoms with Gasteiger partial charge in [0.05, 0.1) is 11.0 Å². The van der Waals surface area contributed by atoms with E-state index in [-0.39, 0.29) is 0 Å². The molecule has 2 heteroatoms. The molecule has 2 aromatic heterocycles. The summed E-state index contributed by atoms with van der Waals surface area (Å²) in [6, 6.07) is 30.3. The SMILES string of the molecule is CC(C)c1ccc2c(c1)c1ccccc1n2-c1ccc2oc3ccccc3c2c1. The molecule has 0 aliphatic heterocycles. The van der Waals surface area contributed by atoms with E-state index in [0.717, 1.165) is 27.6 Å². The number of benzene rings is 4. The van der Waals surface area contributed by atoms with Crippen molar-refractivity contribution in [2.75, 3.05) is 0 Å². The summed E-state index contributed by atoms with van der Waals surface area (Å²) in [5.74, 6) is 0.509. The van der Waals surface area contributed by atoms with Crippen LogP contribution >= 0.6 is 0 Å². The van der Waals surface area contributed by atoms with Gasteiger partial charge in [-0.1, -0.05) is 56.3 Å². The number of hydrogen-bond acceptors (Lipinski definition) is 1. The summed E-state index contributed by atoms with van der Waals surface area (Å²) in [5.41, 5.74) is 6.86. The van der Waals surface area contributed by atoms with Gasteiger partial charge in [-0.25, -0.2) is 0 Å². The molecule has 0 aliphatic rings. The van der Waals surface area contributed by atoms with Crippen LogP contribution in [0.2, 0.25) is 0 Å². The van der Waals surface area contributed by atoms with Crippen LogP contribution in [0.5, 0.6) is 0 Å². The van der Waals surface area contributed by atoms with Crippen molar-refractivity contribution < 1.29 is 4.42 Å². The van der Waals surface area contributed by atoms with E-state index in [0.29, 0.717) is 5.92 Å². The van der Waals surface area contributed by atoms with Gasteiger partial charge in [-0.05, 0) is 53.9 Å². The summed E-state index contributed by atoms with van der Waals surface area (Å²) < 4.78 is 8.40. The largest absolute Gasteiger partial charge is 0.456 e. The summed E-state index contributed by atoms with van der Waals surface area (Å²) >= 11 is 0. The second kappa shape index (κ2) is 5.99. The molecular weight excluding hydrogens is 354 g/mol. The highest BCUT2D eigenvalue weighted by Crippen LogP contribution is 2.36. The molecule has 140 valence electrons. The Morgan fingerprint density at radius 3 is 2.21 bits per heavy atom. The maximum Gasteiger partial charge on any atom is 0.135 e. The molecule has 0 amide bonds. The van der Waals surface area contributed by atoms with Crippen LogP contribution in [0, 0.1) is 0 Å². The second-order valence-corrected chi connectivity index (χ2v) is 8.06. The van der Waals surface area contributed by atoms with Gasteiger partial charge in [-0.15, -0.1) is 0 Å². The lowest BCUT2D eigenvalue weighted by molar-refractivity contribution is 0.669. The van der Waals surface area contributed by atoms with Gasteiger partial charge in [0, 0.05) is 27.2 Å². The number of hydrogen-bond donors (Lipinski definition) is 0. The fraction of sp³-hybridized carbons (Fsp3) is 0.111. The third-order valence-electron chi connectivity index (χ3n) is 5.98. The quantitative estimate of drug-likeness (QED) is 0.302. The fourth-order valence-corrected chi connectivity index (χ4v) is 4.48. The summed E-state index contributed by atoms with van der Waals surface area (Å²) in [7, 11) is 0. The summed E-state index contributed by atoms with van der Waals surface area (Å²) in [6.45, 7) is 4.50. The Morgan fingerprint density at radius 2 is 1.34 bits per heavy atom. The first-order chi connectivity index (χ1) is 14.2. The predicted molar refractivity (Wildman–Crippen MR) is 122 cm³/mol. The third-order valence-corrected chi connectivity index (χ3v) is 5.98. The van der Waals surface area contributed by atoms with Crippen LogP contribution in [0.1, 0.15) is 25.3 Å². The van der Waals surface area contributed by atoms with Crippen molar-refractivity contribution in [2.45, 2.75) is 19.8 Å². The molecule has 0 fully saturated rings. The van der Waals surface area contributed by atoms with Crippen molar-refractivity contribution in [3.8, 4) is 5.69 Å². The normalized spacial score (nSPS) is 12.1. The number of furan rings is 1. The molecule has 29 heavy (non-hydrogen) atoms. The Kier molecular flexibility index (Phi) is 3.39. The molecule has 0 unspecified atom stereocenters. The van der Waals surface area contributed by atoms with Crippen LogP contribution in [0.4, 0.5) is 0 Å². The number of nitrogens with zero attached hydrogens (tertiary/aromatic N) is 1. The second-order valence-electron chi connectivity index (χ2n) is 8.06. The minimum Gasteiger partial charge on any atom is -0.456 e. The molecule has 0 saturated heterocycles. The Labute approximate surface area is 169 Å². The number of aromatic nitrogens is 1. The maximum absolute atomic E-state index is 6.03. The molecule has 4 aromatic carbocycles. The molecule has 0 atom stereocenters. The van der Waals surface area contributed by atoms with E-state index in [1.807, 2.05) is 12.1 Å². The van der Waals surface area contributed by atoms with E-state index in [1.54, 1.807) is 0 Å². The molecule has 0 spiro atoms. The molecule has 6 aromatic rings. The Morgan fingerprint density at radius 1 is 0.621 bits per heavy atom. The Hall–Kier alpha value is -3.52. The van der Waals surface area contributed by atoms with Crippen molar-refractivity contribution in [3.63, 3.8) is 0 Å². The average molecular weight is 375 g/mol. The van der Waals surface area contributed by atoms with Crippen molar-refractivity contribution in [1.82, 2.24) is 4.57 Å². The van der Waals surface area contributed by atoms with E-state index < -0.39 is 0 Å². The Balaban J connectivity index is 1.71. The molecule has 0 bridgehead atoms. The number of fused-ring (bicyclic) bond motifs is 6. The van der Waals surface area contributed by atoms with Crippen LogP contribution in [0.25, 0.3) is 49.4 Å². The van der Waals surface area contributed by atoms with Crippen molar-refractivity contribution in [3.05, 3.63) is 90.5 Å². The monoisotopic (exact) mass is 375 g/mol. The fourth-order valence-electron chi connectivity index (χ4n) is 4.48. The molecule has 6 rings (SSSR count). The van der Waals surface area contributed by atoms with Crippen LogP contribution < -0.4 is 0 Å². The highest BCUT2D eigenvalue weighted by atomic mass is 16.3. The minimum absolute atomic E-state index is 0.509. The number of rotatable bonds is 2. The van der Waals surface area contributed by atoms with Crippen molar-refractivity contribution >= 4 is 43.7 Å². The molecule has 0 aliphatic carbocycles. The standard InChI is InChI=1S/C27H21NO/c1-17(2)18-11-13-25-22(15-18)20-7-3-5-9-24(20)28(25)19-12-14-27-23(16-19)21-8-4-6-10-26(21)29-27/h3-17H,1-2H3. The first-order valence-corrected chi connectivity index (χ1v) is 10.2. The maximum atomic E-state index is 6.03. The molecule has 2 heterocycles. The van der Waals surface area contributed by atoms with Gasteiger partial charge >= 0.3 is 0 Å². The van der Waals surface area contributed by atoms with Crippen LogP contribution in [0.3, 0.4) is 0 Å². The smallest absolute Gasteiger partial charge is 0.135 e. The molecule has 0 N–H and O–H groups in total. The van der Waals surface area contributed by atoms with Gasteiger partial charge in [0.1, 0.15) is 11.2 Å². The van der Waals surface area contributed by atoms with Crippen molar-refractivity contribution in [2.24, 2.45) is 0 Å². The van der Waals surface area contributed by atoms with Gasteiger partial charge in [0.25, 0.3) is 0 Å². The highest BCUT2D eigenvalue weighted by molar-refractivity contribution is 6.10. The van der Waals surface area contributed by atoms with Gasteiger partial charge in [0.15, 0.2) is 0 Å². The van der Waals surface area contributed by atoms with Crippen LogP contribution in [-0.2, 0) is 0 Å². The summed E-state index contributed by atoms with van der Waals surface area (Å²) in [5, 5.41) is 4.92. The average Bonchev–Trinajstić information content (AvgIpc) is 3.28. The summed E-state index contributed by atoms with van der Waals surface area (Å²) in [4.78, 5) is 0. The highest BCUT2D eigenvalue weighted by Gasteiger charge is 2.15. The third kappa shape index (κ3) is 2.35. The first kappa shape index (κ1) is 16.4. The Bertz CT molecular complexity index is 1530. The molecule has 2 nitrogen and oxygen atoms in total. The zero-order chi connectivity index (χ0) is 19.5. The van der Waals surface area contributed by atoms with Gasteiger partial charge < -0.3 is 8.98 Å². The first-order valence-electron chi connectivity index (χ1n) is 10.2.